The Labute approximate surface area is 113 Å². The maximum Gasteiger partial charge on any atom is 0.165 e. The van der Waals surface area contributed by atoms with E-state index in [4.69, 9.17) is 14.2 Å². The van der Waals surface area contributed by atoms with Gasteiger partial charge in [-0.25, -0.2) is 4.39 Å². The first kappa shape index (κ1) is 15.9. The lowest BCUT2D eigenvalue weighted by atomic mass is 10.1. The first-order valence-electron chi connectivity index (χ1n) is 6.32. The Bertz CT molecular complexity index is 374. The summed E-state index contributed by atoms with van der Waals surface area (Å²) in [6.07, 6.45) is 0. The molecule has 1 rings (SSSR count). The Kier molecular flexibility index (Phi) is 7.40. The number of ether oxygens (including phenoxy) is 3. The molecule has 0 bridgehead atoms. The zero-order chi connectivity index (χ0) is 14.1. The largest absolute Gasteiger partial charge is 0.494 e. The van der Waals surface area contributed by atoms with Gasteiger partial charge in [-0.3, -0.25) is 0 Å². The zero-order valence-electron chi connectivity index (χ0n) is 11.7. The highest BCUT2D eigenvalue weighted by molar-refractivity contribution is 5.31. The minimum Gasteiger partial charge on any atom is -0.494 e. The highest BCUT2D eigenvalue weighted by Crippen LogP contribution is 2.22. The Hall–Kier alpha value is -1.17. The minimum absolute atomic E-state index is 0.112. The van der Waals surface area contributed by atoms with Crippen LogP contribution in [0.3, 0.4) is 0 Å². The van der Waals surface area contributed by atoms with Gasteiger partial charge in [0.2, 0.25) is 0 Å². The van der Waals surface area contributed by atoms with Crippen molar-refractivity contribution in [3.8, 4) is 5.75 Å². The minimum atomic E-state index is -0.346. The van der Waals surface area contributed by atoms with Crippen LogP contribution in [0.4, 0.5) is 4.39 Å². The van der Waals surface area contributed by atoms with Crippen LogP contribution < -0.4 is 10.1 Å². The van der Waals surface area contributed by atoms with Gasteiger partial charge in [0.1, 0.15) is 0 Å². The molecule has 1 unspecified atom stereocenters. The highest BCUT2D eigenvalue weighted by atomic mass is 19.1. The van der Waals surface area contributed by atoms with Gasteiger partial charge in [-0.15, -0.1) is 0 Å². The van der Waals surface area contributed by atoms with E-state index >= 15 is 0 Å². The number of methoxy groups -OCH3 is 2. The average molecular weight is 271 g/mol. The van der Waals surface area contributed by atoms with Crippen LogP contribution in [0.25, 0.3) is 0 Å². The molecule has 0 amide bonds. The quantitative estimate of drug-likeness (QED) is 0.699. The molecule has 4 nitrogen and oxygen atoms in total. The lowest BCUT2D eigenvalue weighted by Gasteiger charge is -2.15. The molecule has 108 valence electrons. The Morgan fingerprint density at radius 3 is 2.68 bits per heavy atom. The first-order chi connectivity index (χ1) is 9.19. The number of hydrogen-bond donors (Lipinski definition) is 1. The van der Waals surface area contributed by atoms with E-state index in [0.717, 1.165) is 12.1 Å². The van der Waals surface area contributed by atoms with Crippen molar-refractivity contribution >= 4 is 0 Å². The van der Waals surface area contributed by atoms with E-state index in [1.54, 1.807) is 19.2 Å². The maximum atomic E-state index is 13.3. The van der Waals surface area contributed by atoms with E-state index in [9.17, 15) is 4.39 Å². The summed E-state index contributed by atoms with van der Waals surface area (Å²) in [5, 5.41) is 3.30. The van der Waals surface area contributed by atoms with Gasteiger partial charge in [-0.05, 0) is 24.6 Å². The molecule has 1 atom stereocenters. The topological polar surface area (TPSA) is 39.7 Å². The summed E-state index contributed by atoms with van der Waals surface area (Å²) in [6.45, 7) is 4.56. The van der Waals surface area contributed by atoms with Crippen LogP contribution in [0.2, 0.25) is 0 Å². The van der Waals surface area contributed by atoms with Crippen LogP contribution in [0.5, 0.6) is 5.75 Å². The van der Waals surface area contributed by atoms with Crippen LogP contribution >= 0.6 is 0 Å². The van der Waals surface area contributed by atoms with Crippen molar-refractivity contribution in [3.05, 3.63) is 29.6 Å². The van der Waals surface area contributed by atoms with Crippen molar-refractivity contribution in [2.45, 2.75) is 13.0 Å². The summed E-state index contributed by atoms with van der Waals surface area (Å²) in [4.78, 5) is 0. The highest BCUT2D eigenvalue weighted by Gasteiger charge is 2.08. The van der Waals surface area contributed by atoms with Crippen LogP contribution in [0, 0.1) is 5.82 Å². The molecule has 0 aliphatic carbocycles. The summed E-state index contributed by atoms with van der Waals surface area (Å²) < 4.78 is 28.5. The fourth-order valence-corrected chi connectivity index (χ4v) is 1.66. The van der Waals surface area contributed by atoms with Crippen molar-refractivity contribution in [2.24, 2.45) is 0 Å². The second-order valence-corrected chi connectivity index (χ2v) is 4.17. The third-order valence-electron chi connectivity index (χ3n) is 2.80. The zero-order valence-corrected chi connectivity index (χ0v) is 11.7. The summed E-state index contributed by atoms with van der Waals surface area (Å²) >= 11 is 0. The summed E-state index contributed by atoms with van der Waals surface area (Å²) in [7, 11) is 3.11. The first-order valence-corrected chi connectivity index (χ1v) is 6.32. The van der Waals surface area contributed by atoms with E-state index < -0.39 is 0 Å². The molecule has 0 spiro atoms. The van der Waals surface area contributed by atoms with Crippen LogP contribution in [-0.2, 0) is 9.47 Å². The molecule has 5 heteroatoms. The van der Waals surface area contributed by atoms with E-state index in [-0.39, 0.29) is 17.6 Å². The van der Waals surface area contributed by atoms with Crippen molar-refractivity contribution in [1.82, 2.24) is 5.32 Å². The van der Waals surface area contributed by atoms with E-state index in [1.165, 1.54) is 13.2 Å². The second-order valence-electron chi connectivity index (χ2n) is 4.17. The molecule has 1 N–H and O–H groups in total. The van der Waals surface area contributed by atoms with Crippen molar-refractivity contribution in [2.75, 3.05) is 40.6 Å². The molecule has 0 aliphatic heterocycles. The second kappa shape index (κ2) is 8.85. The van der Waals surface area contributed by atoms with Gasteiger partial charge < -0.3 is 19.5 Å². The van der Waals surface area contributed by atoms with Gasteiger partial charge in [0.25, 0.3) is 0 Å². The van der Waals surface area contributed by atoms with Crippen LogP contribution in [-0.4, -0.2) is 40.6 Å². The fourth-order valence-electron chi connectivity index (χ4n) is 1.66. The number of benzene rings is 1. The summed E-state index contributed by atoms with van der Waals surface area (Å²) in [5.74, 6) is -0.0798. The Balaban J connectivity index is 2.34. The van der Waals surface area contributed by atoms with Crippen molar-refractivity contribution in [1.29, 1.82) is 0 Å². The van der Waals surface area contributed by atoms with E-state index in [1.807, 2.05) is 6.92 Å². The molecule has 0 aromatic heterocycles. The SMILES string of the molecule is COCCOCCNC(C)c1ccc(F)c(OC)c1. The molecule has 0 radical (unpaired) electrons. The number of nitrogens with one attached hydrogen (secondary N) is 1. The normalized spacial score (nSPS) is 12.4. The monoisotopic (exact) mass is 271 g/mol. The molecule has 1 aromatic carbocycles. The van der Waals surface area contributed by atoms with E-state index in [2.05, 4.69) is 5.32 Å². The van der Waals surface area contributed by atoms with Gasteiger partial charge in [0.15, 0.2) is 11.6 Å². The molecular formula is C14H22FNO3. The predicted molar refractivity (Wildman–Crippen MR) is 72.1 cm³/mol. The van der Waals surface area contributed by atoms with Gasteiger partial charge in [0, 0.05) is 19.7 Å². The molecule has 1 aromatic rings. The number of hydrogen-bond acceptors (Lipinski definition) is 4. The third kappa shape index (κ3) is 5.55. The fraction of sp³-hybridized carbons (Fsp3) is 0.571. The van der Waals surface area contributed by atoms with Gasteiger partial charge >= 0.3 is 0 Å². The smallest absolute Gasteiger partial charge is 0.165 e. The van der Waals surface area contributed by atoms with Gasteiger partial charge in [0.05, 0.1) is 26.9 Å². The number of rotatable bonds is 9. The van der Waals surface area contributed by atoms with Crippen molar-refractivity contribution < 1.29 is 18.6 Å². The third-order valence-corrected chi connectivity index (χ3v) is 2.80. The molecule has 0 saturated carbocycles. The van der Waals surface area contributed by atoms with Gasteiger partial charge in [-0.1, -0.05) is 6.07 Å². The summed E-state index contributed by atoms with van der Waals surface area (Å²) in [5.41, 5.74) is 0.982. The van der Waals surface area contributed by atoms with Crippen LogP contribution in [0.1, 0.15) is 18.5 Å². The molecule has 0 heterocycles. The molecule has 0 saturated heterocycles. The molecular weight excluding hydrogens is 249 g/mol. The van der Waals surface area contributed by atoms with Gasteiger partial charge in [-0.2, -0.15) is 0 Å². The lowest BCUT2D eigenvalue weighted by Crippen LogP contribution is -2.24. The Morgan fingerprint density at radius 1 is 1.21 bits per heavy atom. The summed E-state index contributed by atoms with van der Waals surface area (Å²) in [6, 6.07) is 4.99. The van der Waals surface area contributed by atoms with Crippen molar-refractivity contribution in [3.63, 3.8) is 0 Å². The molecule has 0 fully saturated rings. The average Bonchev–Trinajstić information content (AvgIpc) is 2.43. The Morgan fingerprint density at radius 2 is 2.00 bits per heavy atom. The van der Waals surface area contributed by atoms with Crippen LogP contribution in [0.15, 0.2) is 18.2 Å². The number of halogens is 1. The molecule has 19 heavy (non-hydrogen) atoms. The molecule has 0 aliphatic rings. The maximum absolute atomic E-state index is 13.3. The standard InChI is InChI=1S/C14H22FNO3/c1-11(16-6-7-19-9-8-17-2)12-4-5-13(15)14(10-12)18-3/h4-5,10-11,16H,6-9H2,1-3H3. The van der Waals surface area contributed by atoms with E-state index in [0.29, 0.717) is 19.8 Å². The lowest BCUT2D eigenvalue weighted by molar-refractivity contribution is 0.0712. The predicted octanol–water partition coefficient (Wildman–Crippen LogP) is 2.15.